The van der Waals surface area contributed by atoms with Gasteiger partial charge in [-0.3, -0.25) is 4.79 Å². The van der Waals surface area contributed by atoms with Crippen LogP contribution in [0.1, 0.15) is 12.5 Å². The summed E-state index contributed by atoms with van der Waals surface area (Å²) in [6, 6.07) is 13.1. The number of esters is 1. The van der Waals surface area contributed by atoms with Gasteiger partial charge >= 0.3 is 5.97 Å². The van der Waals surface area contributed by atoms with Gasteiger partial charge in [0.05, 0.1) is 11.5 Å². The van der Waals surface area contributed by atoms with Gasteiger partial charge in [0, 0.05) is 0 Å². The predicted molar refractivity (Wildman–Crippen MR) is 96.5 cm³/mol. The van der Waals surface area contributed by atoms with E-state index in [1.807, 2.05) is 6.92 Å². The molecule has 2 aromatic rings. The van der Waals surface area contributed by atoms with E-state index in [2.05, 4.69) is 0 Å². The summed E-state index contributed by atoms with van der Waals surface area (Å²) in [5, 5.41) is 0. The molecular weight excluding hydrogens is 370 g/mol. The molecule has 1 heterocycles. The van der Waals surface area contributed by atoms with Crippen LogP contribution >= 0.6 is 0 Å². The molecule has 0 radical (unpaired) electrons. The van der Waals surface area contributed by atoms with Crippen LogP contribution in [0.4, 0.5) is 0 Å². The first kappa shape index (κ1) is 18.9. The zero-order chi connectivity index (χ0) is 19.6. The Bertz CT molecular complexity index is 940. The van der Waals surface area contributed by atoms with E-state index in [1.54, 1.807) is 49.4 Å². The van der Waals surface area contributed by atoms with Crippen LogP contribution in [0.15, 0.2) is 59.5 Å². The number of hydrogen-bond acceptors (Lipinski definition) is 6. The molecule has 2 atom stereocenters. The van der Waals surface area contributed by atoms with Crippen LogP contribution in [-0.2, 0) is 24.3 Å². The normalized spacial score (nSPS) is 19.3. The predicted octanol–water partition coefficient (Wildman–Crippen LogP) is 1.91. The van der Waals surface area contributed by atoms with Crippen LogP contribution in [0.3, 0.4) is 0 Å². The molecule has 1 aliphatic heterocycles. The summed E-state index contributed by atoms with van der Waals surface area (Å²) in [4.78, 5) is 24.9. The second-order valence-corrected chi connectivity index (χ2v) is 7.82. The molecule has 0 saturated carbocycles. The Kier molecular flexibility index (Phi) is 5.18. The fraction of sp³-hybridized carbons (Fsp3) is 0.263. The summed E-state index contributed by atoms with van der Waals surface area (Å²) in [5.41, 5.74) is 0.871. The van der Waals surface area contributed by atoms with E-state index >= 15 is 0 Å². The molecule has 27 heavy (non-hydrogen) atoms. The number of hydrogen-bond donors (Lipinski definition) is 0. The first-order chi connectivity index (χ1) is 12.9. The van der Waals surface area contributed by atoms with Crippen LogP contribution in [-0.4, -0.2) is 43.4 Å². The number of carbonyl (C=O) groups excluding carboxylic acids is 2. The van der Waals surface area contributed by atoms with E-state index in [4.69, 9.17) is 9.47 Å². The number of benzene rings is 2. The number of carbonyl (C=O) groups is 2. The quantitative estimate of drug-likeness (QED) is 0.554. The van der Waals surface area contributed by atoms with E-state index in [9.17, 15) is 18.0 Å². The minimum atomic E-state index is -4.20. The minimum absolute atomic E-state index is 0.0556. The molecule has 3 rings (SSSR count). The van der Waals surface area contributed by atoms with Gasteiger partial charge < -0.3 is 9.47 Å². The Morgan fingerprint density at radius 2 is 1.70 bits per heavy atom. The monoisotopic (exact) mass is 389 g/mol. The Balaban J connectivity index is 1.93. The zero-order valence-electron chi connectivity index (χ0n) is 14.9. The molecule has 0 spiro atoms. The summed E-state index contributed by atoms with van der Waals surface area (Å²) in [5.74, 6) is -1.27. The average Bonchev–Trinajstić information content (AvgIpc) is 2.65. The summed E-state index contributed by atoms with van der Waals surface area (Å²) in [7, 11) is -4.20. The number of ether oxygens (including phenoxy) is 2. The van der Waals surface area contributed by atoms with Crippen LogP contribution in [0.25, 0.3) is 0 Å². The first-order valence-electron chi connectivity index (χ1n) is 8.39. The maximum absolute atomic E-state index is 12.9. The SMILES string of the molecule is CCOC(=O)[C@H]1[C@@H](Oc2ccccc2)C(=O)N1S(=O)(=O)c1ccc(C)cc1. The topological polar surface area (TPSA) is 90.0 Å². The molecule has 7 nitrogen and oxygen atoms in total. The Hall–Kier alpha value is -2.87. The zero-order valence-corrected chi connectivity index (χ0v) is 15.7. The lowest BCUT2D eigenvalue weighted by Crippen LogP contribution is -2.71. The van der Waals surface area contributed by atoms with Crippen LogP contribution < -0.4 is 4.74 Å². The number of para-hydroxylation sites is 1. The first-order valence-corrected chi connectivity index (χ1v) is 9.83. The fourth-order valence-electron chi connectivity index (χ4n) is 2.74. The van der Waals surface area contributed by atoms with Gasteiger partial charge in [-0.15, -0.1) is 0 Å². The molecule has 1 aliphatic rings. The second kappa shape index (κ2) is 7.40. The molecule has 0 aliphatic carbocycles. The van der Waals surface area contributed by atoms with E-state index in [1.165, 1.54) is 12.1 Å². The number of aryl methyl sites for hydroxylation is 1. The van der Waals surface area contributed by atoms with Crippen molar-refractivity contribution >= 4 is 21.9 Å². The van der Waals surface area contributed by atoms with Gasteiger partial charge in [-0.05, 0) is 38.1 Å². The van der Waals surface area contributed by atoms with Gasteiger partial charge in [-0.1, -0.05) is 35.9 Å². The van der Waals surface area contributed by atoms with Crippen molar-refractivity contribution in [3.8, 4) is 5.75 Å². The van der Waals surface area contributed by atoms with Gasteiger partial charge in [0.25, 0.3) is 15.9 Å². The van der Waals surface area contributed by atoms with E-state index in [-0.39, 0.29) is 11.5 Å². The molecule has 8 heteroatoms. The van der Waals surface area contributed by atoms with Crippen molar-refractivity contribution in [3.63, 3.8) is 0 Å². The highest BCUT2D eigenvalue weighted by Crippen LogP contribution is 2.32. The highest BCUT2D eigenvalue weighted by atomic mass is 32.2. The third-order valence-corrected chi connectivity index (χ3v) is 5.91. The van der Waals surface area contributed by atoms with Gasteiger partial charge in [0.15, 0.2) is 6.04 Å². The van der Waals surface area contributed by atoms with Crippen LogP contribution in [0, 0.1) is 6.92 Å². The molecular formula is C19H19NO6S. The van der Waals surface area contributed by atoms with Crippen molar-refractivity contribution in [1.29, 1.82) is 0 Å². The van der Waals surface area contributed by atoms with Crippen molar-refractivity contribution in [2.24, 2.45) is 0 Å². The van der Waals surface area contributed by atoms with Gasteiger partial charge in [-0.2, -0.15) is 0 Å². The van der Waals surface area contributed by atoms with Crippen LogP contribution in [0.2, 0.25) is 0 Å². The van der Waals surface area contributed by atoms with Gasteiger partial charge in [-0.25, -0.2) is 17.5 Å². The molecule has 0 unspecified atom stereocenters. The van der Waals surface area contributed by atoms with Crippen molar-refractivity contribution < 1.29 is 27.5 Å². The largest absolute Gasteiger partial charge is 0.478 e. The van der Waals surface area contributed by atoms with E-state index in [0.717, 1.165) is 5.56 Å². The molecule has 2 aromatic carbocycles. The van der Waals surface area contributed by atoms with Crippen molar-refractivity contribution in [1.82, 2.24) is 4.31 Å². The molecule has 1 saturated heterocycles. The lowest BCUT2D eigenvalue weighted by Gasteiger charge is -2.43. The fourth-order valence-corrected chi connectivity index (χ4v) is 4.28. The number of amides is 1. The maximum Gasteiger partial charge on any atom is 0.334 e. The molecule has 142 valence electrons. The van der Waals surface area contributed by atoms with E-state index in [0.29, 0.717) is 10.1 Å². The molecule has 1 fully saturated rings. The summed E-state index contributed by atoms with van der Waals surface area (Å²) in [6.07, 6.45) is -1.26. The molecule has 0 aromatic heterocycles. The number of sulfonamides is 1. The molecule has 0 N–H and O–H groups in total. The summed E-state index contributed by atoms with van der Waals surface area (Å²) >= 11 is 0. The lowest BCUT2D eigenvalue weighted by atomic mass is 10.0. The number of nitrogens with zero attached hydrogens (tertiary/aromatic N) is 1. The van der Waals surface area contributed by atoms with Gasteiger partial charge in [0.1, 0.15) is 5.75 Å². The summed E-state index contributed by atoms with van der Waals surface area (Å²) < 4.78 is 36.9. The van der Waals surface area contributed by atoms with E-state index < -0.39 is 34.0 Å². The Morgan fingerprint density at radius 1 is 1.07 bits per heavy atom. The van der Waals surface area contributed by atoms with Crippen LogP contribution in [0.5, 0.6) is 5.75 Å². The average molecular weight is 389 g/mol. The summed E-state index contributed by atoms with van der Waals surface area (Å²) in [6.45, 7) is 3.47. The highest BCUT2D eigenvalue weighted by molar-refractivity contribution is 7.89. The lowest BCUT2D eigenvalue weighted by molar-refractivity contribution is -0.170. The van der Waals surface area contributed by atoms with Gasteiger partial charge in [0.2, 0.25) is 6.10 Å². The minimum Gasteiger partial charge on any atom is -0.478 e. The highest BCUT2D eigenvalue weighted by Gasteiger charge is 2.60. The third kappa shape index (κ3) is 3.52. The number of rotatable bonds is 6. The maximum atomic E-state index is 12.9. The number of β-lactam (4-membered cyclic amide) rings is 1. The standard InChI is InChI=1S/C19H19NO6S/c1-3-25-19(22)16-17(26-14-7-5-4-6-8-14)18(21)20(16)27(23,24)15-11-9-13(2)10-12-15/h4-12,16-17H,3H2,1-2H3/t16-,17-/m1/s1. The molecule has 0 bridgehead atoms. The van der Waals surface area contributed by atoms with Crippen molar-refractivity contribution in [2.45, 2.75) is 30.9 Å². The van der Waals surface area contributed by atoms with Crippen molar-refractivity contribution in [2.75, 3.05) is 6.61 Å². The Morgan fingerprint density at radius 3 is 2.30 bits per heavy atom. The van der Waals surface area contributed by atoms with Crippen molar-refractivity contribution in [3.05, 3.63) is 60.2 Å². The smallest absolute Gasteiger partial charge is 0.334 e. The third-order valence-electron chi connectivity index (χ3n) is 4.11. The molecule has 1 amide bonds. The second-order valence-electron chi connectivity index (χ2n) is 6.00. The Labute approximate surface area is 157 Å².